The maximum atomic E-state index is 12.7. The van der Waals surface area contributed by atoms with Crippen molar-refractivity contribution in [2.75, 3.05) is 13.2 Å². The molecule has 23 heavy (non-hydrogen) atoms. The van der Waals surface area contributed by atoms with Gasteiger partial charge in [-0.1, -0.05) is 23.7 Å². The molecule has 0 fully saturated rings. The topological polar surface area (TPSA) is 95.7 Å². The van der Waals surface area contributed by atoms with E-state index in [1.165, 1.54) is 16.6 Å². The number of carbonyl (C=O) groups is 2. The molecule has 0 aliphatic carbocycles. The molecule has 0 unspecified atom stereocenters. The van der Waals surface area contributed by atoms with E-state index in [0.29, 0.717) is 5.02 Å². The number of aliphatic hydroxyl groups is 1. The lowest BCUT2D eigenvalue weighted by atomic mass is 10.1. The number of benzene rings is 1. The van der Waals surface area contributed by atoms with Gasteiger partial charge in [-0.05, 0) is 17.7 Å². The molecule has 2 rings (SSSR count). The van der Waals surface area contributed by atoms with Gasteiger partial charge in [0.25, 0.3) is 5.91 Å². The molecule has 0 aliphatic rings. The molecule has 0 spiro atoms. The van der Waals surface area contributed by atoms with Crippen LogP contribution in [-0.2, 0) is 13.6 Å². The maximum absolute atomic E-state index is 12.7. The third-order valence-corrected chi connectivity index (χ3v) is 3.57. The van der Waals surface area contributed by atoms with E-state index in [0.717, 1.165) is 11.8 Å². The van der Waals surface area contributed by atoms with Crippen molar-refractivity contribution in [2.45, 2.75) is 6.54 Å². The van der Waals surface area contributed by atoms with Gasteiger partial charge in [0.1, 0.15) is 11.3 Å². The van der Waals surface area contributed by atoms with Crippen molar-refractivity contribution in [2.24, 2.45) is 7.05 Å². The number of hydrogen-bond donors (Lipinski definition) is 2. The fraction of sp³-hybridized carbons (Fsp3) is 0.267. The lowest BCUT2D eigenvalue weighted by Crippen LogP contribution is -2.35. The highest BCUT2D eigenvalue weighted by molar-refractivity contribution is 6.30. The molecule has 8 heteroatoms. The Morgan fingerprint density at radius 3 is 2.52 bits per heavy atom. The summed E-state index contributed by atoms with van der Waals surface area (Å²) >= 11 is 5.83. The van der Waals surface area contributed by atoms with Crippen LogP contribution >= 0.6 is 11.6 Å². The Balaban J connectivity index is 2.30. The highest BCUT2D eigenvalue weighted by atomic mass is 35.5. The van der Waals surface area contributed by atoms with Gasteiger partial charge in [-0.2, -0.15) is 5.10 Å². The van der Waals surface area contributed by atoms with E-state index >= 15 is 0 Å². The lowest BCUT2D eigenvalue weighted by molar-refractivity contribution is 0.0655. The van der Waals surface area contributed by atoms with E-state index in [4.69, 9.17) is 11.6 Å². The third kappa shape index (κ3) is 3.88. The molecular weight excluding hydrogens is 322 g/mol. The van der Waals surface area contributed by atoms with Crippen LogP contribution in [0.15, 0.2) is 30.5 Å². The summed E-state index contributed by atoms with van der Waals surface area (Å²) in [6.07, 6.45) is 1.13. The number of carboxylic acid groups (broad SMARTS) is 1. The molecule has 0 saturated carbocycles. The molecule has 0 bridgehead atoms. The predicted octanol–water partition coefficient (Wildman–Crippen LogP) is 1.41. The van der Waals surface area contributed by atoms with Crippen LogP contribution in [0.1, 0.15) is 26.4 Å². The van der Waals surface area contributed by atoms with Crippen molar-refractivity contribution in [1.82, 2.24) is 14.7 Å². The molecule has 1 aromatic carbocycles. The van der Waals surface area contributed by atoms with Gasteiger partial charge in [-0.3, -0.25) is 9.48 Å². The SMILES string of the molecule is Cn1ncc(C(=O)O)c1C(=O)N(CCO)Cc1ccc(Cl)cc1. The fourth-order valence-electron chi connectivity index (χ4n) is 2.18. The number of aliphatic hydroxyl groups excluding tert-OH is 1. The highest BCUT2D eigenvalue weighted by Gasteiger charge is 2.26. The Hall–Kier alpha value is -2.38. The molecule has 7 nitrogen and oxygen atoms in total. The molecule has 0 aliphatic heterocycles. The van der Waals surface area contributed by atoms with Crippen LogP contribution in [0.3, 0.4) is 0 Å². The zero-order valence-electron chi connectivity index (χ0n) is 12.4. The van der Waals surface area contributed by atoms with Gasteiger partial charge < -0.3 is 15.1 Å². The van der Waals surface area contributed by atoms with E-state index in [1.807, 2.05) is 0 Å². The molecule has 0 atom stereocenters. The number of amides is 1. The number of aromatic carboxylic acids is 1. The smallest absolute Gasteiger partial charge is 0.339 e. The second kappa shape index (κ2) is 7.26. The molecule has 1 amide bonds. The molecule has 1 heterocycles. The maximum Gasteiger partial charge on any atom is 0.339 e. The molecule has 1 aromatic heterocycles. The first kappa shape index (κ1) is 17.0. The average molecular weight is 338 g/mol. The van der Waals surface area contributed by atoms with Crippen LogP contribution in [0.25, 0.3) is 0 Å². The second-order valence-corrected chi connectivity index (χ2v) is 5.35. The number of carbonyl (C=O) groups excluding carboxylic acids is 1. The molecule has 122 valence electrons. The van der Waals surface area contributed by atoms with Gasteiger partial charge >= 0.3 is 5.97 Å². The average Bonchev–Trinajstić information content (AvgIpc) is 2.90. The molecule has 2 aromatic rings. The minimum atomic E-state index is -1.23. The Labute approximate surface area is 137 Å². The summed E-state index contributed by atoms with van der Waals surface area (Å²) in [5.41, 5.74) is 0.617. The Kier molecular flexibility index (Phi) is 5.36. The molecule has 0 saturated heterocycles. The lowest BCUT2D eigenvalue weighted by Gasteiger charge is -2.22. The van der Waals surface area contributed by atoms with Crippen molar-refractivity contribution in [3.05, 3.63) is 52.3 Å². The summed E-state index contributed by atoms with van der Waals surface area (Å²) in [6.45, 7) is 0.0616. The zero-order chi connectivity index (χ0) is 17.0. The van der Waals surface area contributed by atoms with Gasteiger partial charge in [0.15, 0.2) is 0 Å². The van der Waals surface area contributed by atoms with E-state index < -0.39 is 11.9 Å². The summed E-state index contributed by atoms with van der Waals surface area (Å²) in [6, 6.07) is 6.93. The minimum Gasteiger partial charge on any atom is -0.478 e. The van der Waals surface area contributed by atoms with Crippen molar-refractivity contribution in [3.63, 3.8) is 0 Å². The first-order valence-electron chi connectivity index (χ1n) is 6.84. The van der Waals surface area contributed by atoms with Gasteiger partial charge in [0, 0.05) is 25.2 Å². The van der Waals surface area contributed by atoms with E-state index in [1.54, 1.807) is 24.3 Å². The van der Waals surface area contributed by atoms with E-state index in [9.17, 15) is 19.8 Å². The number of halogens is 1. The number of aryl methyl sites for hydroxylation is 1. The quantitative estimate of drug-likeness (QED) is 0.830. The summed E-state index contributed by atoms with van der Waals surface area (Å²) in [5, 5.41) is 22.8. The largest absolute Gasteiger partial charge is 0.478 e. The van der Waals surface area contributed by atoms with Crippen LogP contribution in [-0.4, -0.2) is 49.9 Å². The summed E-state index contributed by atoms with van der Waals surface area (Å²) < 4.78 is 1.22. The van der Waals surface area contributed by atoms with Crippen LogP contribution in [0.5, 0.6) is 0 Å². The summed E-state index contributed by atoms with van der Waals surface area (Å²) in [5.74, 6) is -1.73. The number of carboxylic acids is 1. The zero-order valence-corrected chi connectivity index (χ0v) is 13.2. The molecule has 0 radical (unpaired) electrons. The first-order valence-corrected chi connectivity index (χ1v) is 7.21. The number of rotatable bonds is 6. The van der Waals surface area contributed by atoms with Gasteiger partial charge in [0.05, 0.1) is 12.8 Å². The van der Waals surface area contributed by atoms with Gasteiger partial charge in [-0.15, -0.1) is 0 Å². The first-order chi connectivity index (χ1) is 10.9. The standard InChI is InChI=1S/C15H16ClN3O4/c1-18-13(12(8-17-18)15(22)23)14(21)19(6-7-20)9-10-2-4-11(16)5-3-10/h2-5,8,20H,6-7,9H2,1H3,(H,22,23). The fourth-order valence-corrected chi connectivity index (χ4v) is 2.31. The van der Waals surface area contributed by atoms with Crippen molar-refractivity contribution < 1.29 is 19.8 Å². The summed E-state index contributed by atoms with van der Waals surface area (Å²) in [7, 11) is 1.50. The van der Waals surface area contributed by atoms with Crippen LogP contribution in [0.4, 0.5) is 0 Å². The Bertz CT molecular complexity index is 712. The van der Waals surface area contributed by atoms with Crippen molar-refractivity contribution >= 4 is 23.5 Å². The van der Waals surface area contributed by atoms with Gasteiger partial charge in [0.2, 0.25) is 0 Å². The van der Waals surface area contributed by atoms with E-state index in [2.05, 4.69) is 5.10 Å². The molecular formula is C15H16ClN3O4. The monoisotopic (exact) mass is 337 g/mol. The molecule has 2 N–H and O–H groups in total. The van der Waals surface area contributed by atoms with E-state index in [-0.39, 0.29) is 31.0 Å². The van der Waals surface area contributed by atoms with Crippen LogP contribution < -0.4 is 0 Å². The highest BCUT2D eigenvalue weighted by Crippen LogP contribution is 2.15. The minimum absolute atomic E-state index is 0.0279. The van der Waals surface area contributed by atoms with Crippen LogP contribution in [0.2, 0.25) is 5.02 Å². The number of nitrogens with zero attached hydrogens (tertiary/aromatic N) is 3. The number of hydrogen-bond acceptors (Lipinski definition) is 4. The van der Waals surface area contributed by atoms with Crippen molar-refractivity contribution in [1.29, 1.82) is 0 Å². The Morgan fingerprint density at radius 1 is 1.30 bits per heavy atom. The normalized spacial score (nSPS) is 10.6. The Morgan fingerprint density at radius 2 is 1.96 bits per heavy atom. The second-order valence-electron chi connectivity index (χ2n) is 4.91. The van der Waals surface area contributed by atoms with Crippen molar-refractivity contribution in [3.8, 4) is 0 Å². The third-order valence-electron chi connectivity index (χ3n) is 3.32. The van der Waals surface area contributed by atoms with Crippen LogP contribution in [0, 0.1) is 0 Å². The predicted molar refractivity (Wildman–Crippen MR) is 83.4 cm³/mol. The van der Waals surface area contributed by atoms with Gasteiger partial charge in [-0.25, -0.2) is 4.79 Å². The number of aromatic nitrogens is 2. The summed E-state index contributed by atoms with van der Waals surface area (Å²) in [4.78, 5) is 25.3.